The third-order valence-corrected chi connectivity index (χ3v) is 3.61. The summed E-state index contributed by atoms with van der Waals surface area (Å²) in [4.78, 5) is 16.5. The molecule has 3 rings (SSSR count). The number of benzene rings is 1. The highest BCUT2D eigenvalue weighted by molar-refractivity contribution is 6.02. The number of aryl methyl sites for hydroxylation is 1. The van der Waals surface area contributed by atoms with E-state index in [1.54, 1.807) is 0 Å². The number of fused-ring (bicyclic) bond motifs is 1. The molecule has 0 fully saturated rings. The van der Waals surface area contributed by atoms with Crippen LogP contribution in [0.1, 0.15) is 40.9 Å². The van der Waals surface area contributed by atoms with Crippen LogP contribution in [0.15, 0.2) is 18.2 Å². The van der Waals surface area contributed by atoms with Gasteiger partial charge in [0.15, 0.2) is 0 Å². The van der Waals surface area contributed by atoms with Gasteiger partial charge >= 0.3 is 0 Å². The van der Waals surface area contributed by atoms with Crippen LogP contribution in [0.2, 0.25) is 0 Å². The molecule has 21 heavy (non-hydrogen) atoms. The lowest BCUT2D eigenvalue weighted by atomic mass is 9.99. The number of carbonyl (C=O) groups excluding carboxylic acids is 1. The predicted molar refractivity (Wildman–Crippen MR) is 80.2 cm³/mol. The molecule has 0 saturated carbocycles. The molecule has 1 aliphatic rings. The molecule has 0 saturated heterocycles. The molecule has 1 aromatic carbocycles. The van der Waals surface area contributed by atoms with E-state index in [0.29, 0.717) is 0 Å². The first-order chi connectivity index (χ1) is 10.3. The molecule has 1 amide bonds. The van der Waals surface area contributed by atoms with Crippen LogP contribution in [-0.2, 0) is 19.4 Å². The second-order valence-corrected chi connectivity index (χ2v) is 5.18. The largest absolute Gasteiger partial charge is 0.319 e. The summed E-state index contributed by atoms with van der Waals surface area (Å²) in [5.74, 6) is 0.687. The molecule has 2 heterocycles. The maximum Gasteiger partial charge on any atom is 0.295 e. The zero-order chi connectivity index (χ0) is 14.7. The van der Waals surface area contributed by atoms with Gasteiger partial charge in [0.1, 0.15) is 5.82 Å². The van der Waals surface area contributed by atoms with E-state index in [0.717, 1.165) is 43.9 Å². The van der Waals surface area contributed by atoms with Gasteiger partial charge in [-0.05, 0) is 36.6 Å². The minimum absolute atomic E-state index is 0.199. The number of carbonyl (C=O) groups is 1. The Hall–Kier alpha value is -2.21. The number of rotatable bonds is 4. The van der Waals surface area contributed by atoms with Crippen LogP contribution in [0, 0.1) is 0 Å². The van der Waals surface area contributed by atoms with Crippen LogP contribution in [-0.4, -0.2) is 27.6 Å². The number of nitrogens with zero attached hydrogens (tertiary/aromatic N) is 2. The maximum absolute atomic E-state index is 12.2. The van der Waals surface area contributed by atoms with Crippen molar-refractivity contribution in [1.29, 1.82) is 0 Å². The average Bonchev–Trinajstić information content (AvgIpc) is 2.97. The van der Waals surface area contributed by atoms with Crippen molar-refractivity contribution in [3.05, 3.63) is 41.0 Å². The van der Waals surface area contributed by atoms with Gasteiger partial charge < -0.3 is 10.6 Å². The molecule has 6 nitrogen and oxygen atoms in total. The lowest BCUT2D eigenvalue weighted by Crippen LogP contribution is -2.25. The first-order valence-corrected chi connectivity index (χ1v) is 7.32. The van der Waals surface area contributed by atoms with Gasteiger partial charge in [-0.25, -0.2) is 4.98 Å². The van der Waals surface area contributed by atoms with Gasteiger partial charge in [-0.3, -0.25) is 9.89 Å². The molecule has 0 aliphatic carbocycles. The van der Waals surface area contributed by atoms with Gasteiger partial charge in [0.25, 0.3) is 5.91 Å². The van der Waals surface area contributed by atoms with E-state index < -0.39 is 0 Å². The Balaban J connectivity index is 1.78. The first kappa shape index (κ1) is 13.8. The van der Waals surface area contributed by atoms with Gasteiger partial charge in [0.05, 0.1) is 0 Å². The van der Waals surface area contributed by atoms with Crippen molar-refractivity contribution in [2.75, 3.05) is 11.9 Å². The van der Waals surface area contributed by atoms with Crippen LogP contribution >= 0.6 is 0 Å². The van der Waals surface area contributed by atoms with E-state index in [1.807, 2.05) is 12.1 Å². The smallest absolute Gasteiger partial charge is 0.295 e. The molecule has 0 bridgehead atoms. The first-order valence-electron chi connectivity index (χ1n) is 7.32. The lowest BCUT2D eigenvalue weighted by molar-refractivity contribution is 0.101. The van der Waals surface area contributed by atoms with Gasteiger partial charge in [-0.15, -0.1) is 5.10 Å². The van der Waals surface area contributed by atoms with Crippen LogP contribution in [0.25, 0.3) is 0 Å². The van der Waals surface area contributed by atoms with Crippen molar-refractivity contribution >= 4 is 11.6 Å². The molecule has 110 valence electrons. The summed E-state index contributed by atoms with van der Waals surface area (Å²) in [6.45, 7) is 3.84. The Morgan fingerprint density at radius 3 is 3.19 bits per heavy atom. The quantitative estimate of drug-likeness (QED) is 0.797. The fourth-order valence-electron chi connectivity index (χ4n) is 2.57. The Labute approximate surface area is 123 Å². The van der Waals surface area contributed by atoms with E-state index in [4.69, 9.17) is 0 Å². The Morgan fingerprint density at radius 1 is 1.43 bits per heavy atom. The number of aromatic nitrogens is 3. The lowest BCUT2D eigenvalue weighted by Gasteiger charge is -2.20. The van der Waals surface area contributed by atoms with Crippen molar-refractivity contribution in [2.24, 2.45) is 0 Å². The summed E-state index contributed by atoms with van der Waals surface area (Å²) in [6.07, 6.45) is 2.68. The third kappa shape index (κ3) is 2.95. The number of amides is 1. The van der Waals surface area contributed by atoms with E-state index in [2.05, 4.69) is 38.8 Å². The van der Waals surface area contributed by atoms with E-state index >= 15 is 0 Å². The molecule has 1 aromatic heterocycles. The van der Waals surface area contributed by atoms with Crippen molar-refractivity contribution in [3.8, 4) is 0 Å². The fraction of sp³-hybridized carbons (Fsp3) is 0.400. The predicted octanol–water partition coefficient (Wildman–Crippen LogP) is 1.66. The topological polar surface area (TPSA) is 82.7 Å². The summed E-state index contributed by atoms with van der Waals surface area (Å²) < 4.78 is 0. The van der Waals surface area contributed by atoms with E-state index in [-0.39, 0.29) is 11.7 Å². The Morgan fingerprint density at radius 2 is 2.33 bits per heavy atom. The highest BCUT2D eigenvalue weighted by atomic mass is 16.2. The van der Waals surface area contributed by atoms with Crippen molar-refractivity contribution < 1.29 is 4.79 Å². The maximum atomic E-state index is 12.2. The molecule has 2 aromatic rings. The van der Waals surface area contributed by atoms with Gasteiger partial charge in [0.2, 0.25) is 5.82 Å². The highest BCUT2D eigenvalue weighted by Crippen LogP contribution is 2.23. The number of anilines is 1. The summed E-state index contributed by atoms with van der Waals surface area (Å²) in [5, 5.41) is 13.0. The van der Waals surface area contributed by atoms with Gasteiger partial charge in [-0.1, -0.05) is 19.1 Å². The van der Waals surface area contributed by atoms with Gasteiger partial charge in [0, 0.05) is 18.7 Å². The summed E-state index contributed by atoms with van der Waals surface area (Å²) in [6, 6.07) is 5.98. The number of hydrogen-bond acceptors (Lipinski definition) is 4. The minimum Gasteiger partial charge on any atom is -0.319 e. The Bertz CT molecular complexity index is 649. The second-order valence-electron chi connectivity index (χ2n) is 5.18. The molecular formula is C15H19N5O. The molecule has 3 N–H and O–H groups in total. The summed E-state index contributed by atoms with van der Waals surface area (Å²) in [5.41, 5.74) is 3.30. The van der Waals surface area contributed by atoms with Crippen LogP contribution in [0.3, 0.4) is 0 Å². The van der Waals surface area contributed by atoms with E-state index in [1.165, 1.54) is 11.1 Å². The van der Waals surface area contributed by atoms with E-state index in [9.17, 15) is 4.79 Å². The monoisotopic (exact) mass is 285 g/mol. The molecular weight excluding hydrogens is 266 g/mol. The van der Waals surface area contributed by atoms with Crippen LogP contribution in [0.5, 0.6) is 0 Å². The minimum atomic E-state index is -0.263. The summed E-state index contributed by atoms with van der Waals surface area (Å²) in [7, 11) is 0. The Kier molecular flexibility index (Phi) is 3.96. The third-order valence-electron chi connectivity index (χ3n) is 3.61. The molecule has 0 unspecified atom stereocenters. The number of hydrogen-bond donors (Lipinski definition) is 3. The van der Waals surface area contributed by atoms with Crippen molar-refractivity contribution in [1.82, 2.24) is 20.5 Å². The SMILES string of the molecule is CCCc1nc(C(=O)Nc2cccc3c2CCNC3)n[nH]1. The second kappa shape index (κ2) is 6.05. The molecule has 1 aliphatic heterocycles. The molecule has 0 spiro atoms. The van der Waals surface area contributed by atoms with Crippen LogP contribution < -0.4 is 10.6 Å². The molecule has 0 atom stereocenters. The number of nitrogens with one attached hydrogen (secondary N) is 3. The fourth-order valence-corrected chi connectivity index (χ4v) is 2.57. The highest BCUT2D eigenvalue weighted by Gasteiger charge is 2.17. The van der Waals surface area contributed by atoms with Gasteiger partial charge in [-0.2, -0.15) is 0 Å². The number of H-pyrrole nitrogens is 1. The average molecular weight is 285 g/mol. The van der Waals surface area contributed by atoms with Crippen LogP contribution in [0.4, 0.5) is 5.69 Å². The van der Waals surface area contributed by atoms with Crippen molar-refractivity contribution in [2.45, 2.75) is 32.7 Å². The standard InChI is InChI=1S/C15H19N5O/c1-2-4-13-18-14(20-19-13)15(21)17-12-6-3-5-10-9-16-8-7-11(10)12/h3,5-6,16H,2,4,7-9H2,1H3,(H,17,21)(H,18,19,20). The normalized spacial score (nSPS) is 13.8. The molecule has 6 heteroatoms. The molecule has 0 radical (unpaired) electrons. The summed E-state index contributed by atoms with van der Waals surface area (Å²) >= 11 is 0. The zero-order valence-electron chi connectivity index (χ0n) is 12.1. The zero-order valence-corrected chi connectivity index (χ0v) is 12.1. The van der Waals surface area contributed by atoms with Crippen molar-refractivity contribution in [3.63, 3.8) is 0 Å². The number of aromatic amines is 1.